The van der Waals surface area contributed by atoms with Crippen molar-refractivity contribution in [3.8, 4) is 0 Å². The van der Waals surface area contributed by atoms with Gasteiger partial charge in [-0.3, -0.25) is 0 Å². The normalized spacial score (nSPS) is 21.2. The van der Waals surface area contributed by atoms with E-state index in [2.05, 4.69) is 11.7 Å². The Hall–Kier alpha value is -2.28. The third kappa shape index (κ3) is 5.74. The summed E-state index contributed by atoms with van der Waals surface area (Å²) in [6.07, 6.45) is -3.20. The molecule has 0 amide bonds. The summed E-state index contributed by atoms with van der Waals surface area (Å²) in [5.74, 6) is -2.36. The number of hydrogen-bond donors (Lipinski definition) is 0. The van der Waals surface area contributed by atoms with Crippen molar-refractivity contribution in [3.63, 3.8) is 0 Å². The summed E-state index contributed by atoms with van der Waals surface area (Å²) in [4.78, 5) is 0. The van der Waals surface area contributed by atoms with E-state index in [0.717, 1.165) is 50.5 Å². The molecule has 0 aliphatic heterocycles. The fraction of sp³-hybridized carbons (Fsp3) is 0.440. The Labute approximate surface area is 184 Å². The molecule has 1 atom stereocenters. The molecule has 0 N–H and O–H groups in total. The summed E-state index contributed by atoms with van der Waals surface area (Å²) in [6, 6.07) is 9.35. The van der Waals surface area contributed by atoms with Gasteiger partial charge in [0.25, 0.3) is 0 Å². The Morgan fingerprint density at radius 2 is 1.50 bits per heavy atom. The van der Waals surface area contributed by atoms with Crippen LogP contribution in [-0.4, -0.2) is 19.4 Å². The highest BCUT2D eigenvalue weighted by molar-refractivity contribution is 5.83. The zero-order valence-electron chi connectivity index (χ0n) is 18.0. The average Bonchev–Trinajstić information content (AvgIpc) is 2.77. The maximum absolute atomic E-state index is 14.7. The molecule has 0 heterocycles. The van der Waals surface area contributed by atoms with Crippen molar-refractivity contribution in [2.24, 2.45) is 5.92 Å². The van der Waals surface area contributed by atoms with E-state index < -0.39 is 36.2 Å². The van der Waals surface area contributed by atoms with Crippen LogP contribution in [0, 0.1) is 11.7 Å². The van der Waals surface area contributed by atoms with Gasteiger partial charge in [0.15, 0.2) is 17.8 Å². The topological polar surface area (TPSA) is 9.23 Å². The van der Waals surface area contributed by atoms with Crippen LogP contribution in [0.2, 0.25) is 0 Å². The summed E-state index contributed by atoms with van der Waals surface area (Å²) in [6.45, 7) is 2.23. The molecule has 1 aliphatic carbocycles. The molecule has 2 aromatic carbocycles. The van der Waals surface area contributed by atoms with E-state index in [1.807, 2.05) is 0 Å². The summed E-state index contributed by atoms with van der Waals surface area (Å²) < 4.78 is 86.6. The number of rotatable bonds is 6. The van der Waals surface area contributed by atoms with Gasteiger partial charge in [-0.1, -0.05) is 56.2 Å². The minimum atomic E-state index is -4.67. The Bertz CT molecular complexity index is 940. The van der Waals surface area contributed by atoms with Gasteiger partial charge < -0.3 is 4.74 Å². The Balaban J connectivity index is 1.77. The highest BCUT2D eigenvalue weighted by atomic mass is 19.4. The molecule has 1 nitrogen and oxygen atoms in total. The van der Waals surface area contributed by atoms with Crippen molar-refractivity contribution >= 4 is 11.7 Å². The van der Waals surface area contributed by atoms with Gasteiger partial charge in [-0.2, -0.15) is 13.2 Å². The number of methoxy groups -OCH3 is 1. The third-order valence-corrected chi connectivity index (χ3v) is 6.21. The molecule has 0 radical (unpaired) electrons. The smallest absolute Gasteiger partial charge is 0.372 e. The largest absolute Gasteiger partial charge is 0.414 e. The lowest BCUT2D eigenvalue weighted by Gasteiger charge is -2.26. The molecule has 2 aromatic rings. The molecule has 1 aliphatic rings. The predicted octanol–water partition coefficient (Wildman–Crippen LogP) is 8.00. The highest BCUT2D eigenvalue weighted by Gasteiger charge is 2.40. The lowest BCUT2D eigenvalue weighted by atomic mass is 9.79. The second kappa shape index (κ2) is 10.1. The predicted molar refractivity (Wildman–Crippen MR) is 113 cm³/mol. The Morgan fingerprint density at radius 3 is 2.03 bits per heavy atom. The molecule has 174 valence electrons. The van der Waals surface area contributed by atoms with Gasteiger partial charge in [-0.05, 0) is 41.9 Å². The van der Waals surface area contributed by atoms with Gasteiger partial charge in [-0.15, -0.1) is 0 Å². The average molecular weight is 456 g/mol. The third-order valence-electron chi connectivity index (χ3n) is 6.21. The van der Waals surface area contributed by atoms with Crippen molar-refractivity contribution in [3.05, 3.63) is 70.5 Å². The van der Waals surface area contributed by atoms with Crippen LogP contribution in [0.4, 0.5) is 26.3 Å². The molecular formula is C25H26F6O. The molecule has 0 aromatic heterocycles. The second-order valence-corrected chi connectivity index (χ2v) is 8.48. The number of ether oxygens (including phenoxy) is 1. The lowest BCUT2D eigenvalue weighted by Crippen LogP contribution is -2.32. The van der Waals surface area contributed by atoms with Crippen LogP contribution in [-0.2, 0) is 11.2 Å². The lowest BCUT2D eigenvalue weighted by molar-refractivity contribution is -0.212. The van der Waals surface area contributed by atoms with Gasteiger partial charge in [0.1, 0.15) is 5.82 Å². The first-order chi connectivity index (χ1) is 15.1. The molecule has 7 heteroatoms. The van der Waals surface area contributed by atoms with Crippen LogP contribution < -0.4 is 0 Å². The monoisotopic (exact) mass is 456 g/mol. The number of hydrogen-bond acceptors (Lipinski definition) is 1. The standard InChI is InChI=1S/C25H26F6O/c1-15-3-5-16(6-4-15)17-7-9-18(10-8-17)23(27)24(28)20-12-11-19(21(26)13-20)14-22(32-2)25(29,30)31/h7-13,15-16,22H,3-6,14H2,1-2H3/b24-23-. The highest BCUT2D eigenvalue weighted by Crippen LogP contribution is 2.37. The maximum Gasteiger partial charge on any atom is 0.414 e. The zero-order chi connectivity index (χ0) is 23.5. The second-order valence-electron chi connectivity index (χ2n) is 8.48. The Kier molecular flexibility index (Phi) is 7.70. The van der Waals surface area contributed by atoms with Crippen molar-refractivity contribution in [2.75, 3.05) is 7.11 Å². The van der Waals surface area contributed by atoms with E-state index in [1.54, 1.807) is 12.1 Å². The molecule has 3 rings (SSSR count). The van der Waals surface area contributed by atoms with E-state index >= 15 is 0 Å². The van der Waals surface area contributed by atoms with Crippen molar-refractivity contribution in [2.45, 2.75) is 57.2 Å². The summed E-state index contributed by atoms with van der Waals surface area (Å²) >= 11 is 0. The number of benzene rings is 2. The van der Waals surface area contributed by atoms with Crippen molar-refractivity contribution in [1.82, 2.24) is 0 Å². The molecule has 0 bridgehead atoms. The maximum atomic E-state index is 14.7. The summed E-state index contributed by atoms with van der Waals surface area (Å²) in [5.41, 5.74) is 0.436. The van der Waals surface area contributed by atoms with Crippen LogP contribution >= 0.6 is 0 Å². The van der Waals surface area contributed by atoms with Crippen LogP contribution in [0.15, 0.2) is 42.5 Å². The quantitative estimate of drug-likeness (QED) is 0.316. The SMILES string of the molecule is COC(Cc1ccc(/C(F)=C(/F)c2ccc(C3CCC(C)CC3)cc2)cc1F)C(F)(F)F. The van der Waals surface area contributed by atoms with Gasteiger partial charge in [0, 0.05) is 24.7 Å². The van der Waals surface area contributed by atoms with Crippen LogP contribution in [0.5, 0.6) is 0 Å². The van der Waals surface area contributed by atoms with Crippen LogP contribution in [0.1, 0.15) is 60.8 Å². The minimum absolute atomic E-state index is 0.0245. The molecule has 0 spiro atoms. The van der Waals surface area contributed by atoms with Gasteiger partial charge >= 0.3 is 6.18 Å². The summed E-state index contributed by atoms with van der Waals surface area (Å²) in [7, 11) is 0.877. The van der Waals surface area contributed by atoms with Crippen LogP contribution in [0.3, 0.4) is 0 Å². The number of halogens is 6. The minimum Gasteiger partial charge on any atom is -0.372 e. The zero-order valence-corrected chi connectivity index (χ0v) is 18.0. The Morgan fingerprint density at radius 1 is 0.938 bits per heavy atom. The molecule has 32 heavy (non-hydrogen) atoms. The molecule has 1 saturated carbocycles. The van der Waals surface area contributed by atoms with Gasteiger partial charge in [0.05, 0.1) is 0 Å². The first kappa shape index (κ1) is 24.4. The first-order valence-corrected chi connectivity index (χ1v) is 10.6. The molecule has 0 saturated heterocycles. The molecule has 1 unspecified atom stereocenters. The fourth-order valence-electron chi connectivity index (χ4n) is 4.13. The van der Waals surface area contributed by atoms with Gasteiger partial charge in [0.2, 0.25) is 0 Å². The van der Waals surface area contributed by atoms with E-state index in [9.17, 15) is 26.3 Å². The number of alkyl halides is 3. The van der Waals surface area contributed by atoms with Crippen molar-refractivity contribution in [1.29, 1.82) is 0 Å². The van der Waals surface area contributed by atoms with Gasteiger partial charge in [-0.25, -0.2) is 13.2 Å². The first-order valence-electron chi connectivity index (χ1n) is 10.6. The van der Waals surface area contributed by atoms with Crippen molar-refractivity contribution < 1.29 is 31.1 Å². The van der Waals surface area contributed by atoms with E-state index in [4.69, 9.17) is 0 Å². The fourth-order valence-corrected chi connectivity index (χ4v) is 4.13. The summed E-state index contributed by atoms with van der Waals surface area (Å²) in [5, 5.41) is 0. The van der Waals surface area contributed by atoms with E-state index in [0.29, 0.717) is 17.9 Å². The van der Waals surface area contributed by atoms with Crippen LogP contribution in [0.25, 0.3) is 11.7 Å². The molecule has 1 fully saturated rings. The van der Waals surface area contributed by atoms with E-state index in [-0.39, 0.29) is 16.7 Å². The van der Waals surface area contributed by atoms with E-state index in [1.165, 1.54) is 12.1 Å². The molecular weight excluding hydrogens is 430 g/mol.